The van der Waals surface area contributed by atoms with E-state index in [1.54, 1.807) is 0 Å². The van der Waals surface area contributed by atoms with Crippen molar-refractivity contribution in [3.05, 3.63) is 83.2 Å². The predicted molar refractivity (Wildman–Crippen MR) is 114 cm³/mol. The minimum atomic E-state index is -0.0766. The number of aryl methyl sites for hydroxylation is 2. The summed E-state index contributed by atoms with van der Waals surface area (Å²) >= 11 is 0. The van der Waals surface area contributed by atoms with E-state index in [4.69, 9.17) is 20.9 Å². The van der Waals surface area contributed by atoms with Crippen molar-refractivity contribution in [1.29, 1.82) is 0 Å². The normalized spacial score (nSPS) is 12.2. The lowest BCUT2D eigenvalue weighted by Crippen LogP contribution is -2.26. The first-order valence-corrected chi connectivity index (χ1v) is 9.52. The van der Waals surface area contributed by atoms with Crippen LogP contribution in [0.4, 0.5) is 11.4 Å². The van der Waals surface area contributed by atoms with E-state index in [9.17, 15) is 0 Å². The van der Waals surface area contributed by atoms with E-state index >= 15 is 0 Å². The molecule has 4 N–H and O–H groups in total. The first-order chi connectivity index (χ1) is 13.5. The summed E-state index contributed by atoms with van der Waals surface area (Å²) in [5, 5.41) is 0. The van der Waals surface area contributed by atoms with Gasteiger partial charge in [0.25, 0.3) is 0 Å². The topological polar surface area (TPSA) is 75.4 Å². The molecule has 0 amide bonds. The van der Waals surface area contributed by atoms with Gasteiger partial charge in [-0.1, -0.05) is 24.3 Å². The highest BCUT2D eigenvalue weighted by atomic mass is 16.5. The number of ether oxygens (including phenoxy) is 2. The van der Waals surface area contributed by atoms with Crippen molar-refractivity contribution in [2.24, 2.45) is 0 Å². The van der Waals surface area contributed by atoms with Gasteiger partial charge >= 0.3 is 0 Å². The summed E-state index contributed by atoms with van der Waals surface area (Å²) in [6.07, 6.45) is -0.0766. The van der Waals surface area contributed by atoms with Gasteiger partial charge < -0.3 is 25.5 Å². The number of anilines is 2. The number of hydrogen-bond acceptors (Lipinski definition) is 4. The molecule has 0 unspecified atom stereocenters. The van der Waals surface area contributed by atoms with Gasteiger partial charge in [0, 0.05) is 22.8 Å². The molecule has 1 atom stereocenters. The van der Waals surface area contributed by atoms with Crippen LogP contribution in [0.2, 0.25) is 0 Å². The fraction of sp³-hybridized carbons (Fsp3) is 0.304. The van der Waals surface area contributed by atoms with Gasteiger partial charge in [0.1, 0.15) is 0 Å². The highest BCUT2D eigenvalue weighted by molar-refractivity contribution is 5.41. The summed E-state index contributed by atoms with van der Waals surface area (Å²) in [6, 6.07) is 19.8. The van der Waals surface area contributed by atoms with E-state index < -0.39 is 0 Å². The molecule has 0 radical (unpaired) electrons. The van der Waals surface area contributed by atoms with Crippen LogP contribution in [-0.4, -0.2) is 17.3 Å². The molecule has 0 saturated heterocycles. The van der Waals surface area contributed by atoms with Crippen molar-refractivity contribution in [1.82, 2.24) is 4.57 Å². The van der Waals surface area contributed by atoms with Crippen LogP contribution in [0.3, 0.4) is 0 Å². The number of benzene rings is 2. The van der Waals surface area contributed by atoms with Crippen LogP contribution in [-0.2, 0) is 29.2 Å². The fourth-order valence-electron chi connectivity index (χ4n) is 3.23. The fourth-order valence-corrected chi connectivity index (χ4v) is 3.23. The van der Waals surface area contributed by atoms with Crippen molar-refractivity contribution in [2.75, 3.05) is 18.1 Å². The highest BCUT2D eigenvalue weighted by Crippen LogP contribution is 2.14. The third-order valence-corrected chi connectivity index (χ3v) is 4.76. The number of nitrogen functional groups attached to an aromatic ring is 2. The van der Waals surface area contributed by atoms with E-state index in [-0.39, 0.29) is 6.10 Å². The van der Waals surface area contributed by atoms with E-state index in [2.05, 4.69) is 30.5 Å². The maximum atomic E-state index is 6.20. The van der Waals surface area contributed by atoms with E-state index in [0.29, 0.717) is 19.8 Å². The van der Waals surface area contributed by atoms with Gasteiger partial charge in [0.15, 0.2) is 0 Å². The molecule has 0 bridgehead atoms. The Bertz CT molecular complexity index is 885. The van der Waals surface area contributed by atoms with E-state index in [1.807, 2.05) is 48.5 Å². The van der Waals surface area contributed by atoms with Crippen molar-refractivity contribution in [2.45, 2.75) is 39.7 Å². The zero-order chi connectivity index (χ0) is 19.9. The first kappa shape index (κ1) is 20.0. The molecule has 1 aromatic heterocycles. The molecule has 0 spiro atoms. The molecule has 0 aliphatic rings. The maximum Gasteiger partial charge on any atom is 0.0991 e. The predicted octanol–water partition coefficient (Wildman–Crippen LogP) is 4.07. The SMILES string of the molecule is Cc1ccc(C)n1C[C@H](COCc1cccc(N)c1)OCc1cccc(N)c1. The molecule has 0 aliphatic heterocycles. The average Bonchev–Trinajstić information content (AvgIpc) is 2.98. The lowest BCUT2D eigenvalue weighted by Gasteiger charge is -2.21. The third-order valence-electron chi connectivity index (χ3n) is 4.76. The van der Waals surface area contributed by atoms with E-state index in [0.717, 1.165) is 29.0 Å². The Morgan fingerprint density at radius 1 is 0.821 bits per heavy atom. The molecule has 0 saturated carbocycles. The Labute approximate surface area is 166 Å². The summed E-state index contributed by atoms with van der Waals surface area (Å²) < 4.78 is 14.4. The Hall–Kier alpha value is -2.76. The van der Waals surface area contributed by atoms with Crippen LogP contribution in [0, 0.1) is 13.8 Å². The Morgan fingerprint density at radius 3 is 1.96 bits per heavy atom. The van der Waals surface area contributed by atoms with Crippen molar-refractivity contribution in [3.8, 4) is 0 Å². The molecular formula is C23H29N3O2. The zero-order valence-electron chi connectivity index (χ0n) is 16.6. The minimum Gasteiger partial charge on any atom is -0.399 e. The van der Waals surface area contributed by atoms with Gasteiger partial charge in [-0.05, 0) is 61.4 Å². The molecule has 0 fully saturated rings. The van der Waals surface area contributed by atoms with Crippen molar-refractivity contribution in [3.63, 3.8) is 0 Å². The molecule has 5 nitrogen and oxygen atoms in total. The second-order valence-electron chi connectivity index (χ2n) is 7.16. The molecule has 1 heterocycles. The highest BCUT2D eigenvalue weighted by Gasteiger charge is 2.14. The maximum absolute atomic E-state index is 6.20. The van der Waals surface area contributed by atoms with Gasteiger partial charge in [-0.2, -0.15) is 0 Å². The number of nitrogens with zero attached hydrogens (tertiary/aromatic N) is 1. The lowest BCUT2D eigenvalue weighted by atomic mass is 10.2. The van der Waals surface area contributed by atoms with Gasteiger partial charge in [-0.3, -0.25) is 0 Å². The first-order valence-electron chi connectivity index (χ1n) is 9.52. The van der Waals surface area contributed by atoms with E-state index in [1.165, 1.54) is 11.4 Å². The summed E-state index contributed by atoms with van der Waals surface area (Å²) in [5.74, 6) is 0. The quantitative estimate of drug-likeness (QED) is 0.550. The van der Waals surface area contributed by atoms with Crippen LogP contribution >= 0.6 is 0 Å². The molecule has 148 valence electrons. The van der Waals surface area contributed by atoms with Crippen LogP contribution in [0.25, 0.3) is 0 Å². The standard InChI is InChI=1S/C23H29N3O2/c1-17-9-10-18(2)26(17)13-23(28-15-20-6-4-8-22(25)12-20)16-27-14-19-5-3-7-21(24)11-19/h3-12,23H,13-16,24-25H2,1-2H3/t23-/m1/s1. The van der Waals surface area contributed by atoms with Crippen molar-refractivity contribution >= 4 is 11.4 Å². The number of hydrogen-bond donors (Lipinski definition) is 2. The average molecular weight is 380 g/mol. The van der Waals surface area contributed by atoms with Crippen LogP contribution < -0.4 is 11.5 Å². The molecule has 3 rings (SSSR count). The zero-order valence-corrected chi connectivity index (χ0v) is 16.6. The molecule has 3 aromatic rings. The Morgan fingerprint density at radius 2 is 1.39 bits per heavy atom. The van der Waals surface area contributed by atoms with Crippen molar-refractivity contribution < 1.29 is 9.47 Å². The molecule has 28 heavy (non-hydrogen) atoms. The molecule has 5 heteroatoms. The Kier molecular flexibility index (Phi) is 6.74. The summed E-state index contributed by atoms with van der Waals surface area (Å²) in [7, 11) is 0. The minimum absolute atomic E-state index is 0.0766. The third kappa shape index (κ3) is 5.62. The van der Waals surface area contributed by atoms with Crippen LogP contribution in [0.15, 0.2) is 60.7 Å². The number of aromatic nitrogens is 1. The van der Waals surface area contributed by atoms with Crippen LogP contribution in [0.1, 0.15) is 22.5 Å². The van der Waals surface area contributed by atoms with Gasteiger partial charge in [0.05, 0.1) is 32.5 Å². The summed E-state index contributed by atoms with van der Waals surface area (Å²) in [6.45, 7) is 6.45. The monoisotopic (exact) mass is 379 g/mol. The molecular weight excluding hydrogens is 350 g/mol. The smallest absolute Gasteiger partial charge is 0.0991 e. The molecule has 0 aliphatic carbocycles. The Balaban J connectivity index is 1.63. The summed E-state index contributed by atoms with van der Waals surface area (Å²) in [4.78, 5) is 0. The van der Waals surface area contributed by atoms with Gasteiger partial charge in [-0.15, -0.1) is 0 Å². The summed E-state index contributed by atoms with van der Waals surface area (Å²) in [5.41, 5.74) is 17.8. The van der Waals surface area contributed by atoms with Gasteiger partial charge in [0.2, 0.25) is 0 Å². The van der Waals surface area contributed by atoms with Crippen LogP contribution in [0.5, 0.6) is 0 Å². The number of nitrogens with two attached hydrogens (primary N) is 2. The largest absolute Gasteiger partial charge is 0.399 e. The second kappa shape index (κ2) is 9.44. The lowest BCUT2D eigenvalue weighted by molar-refractivity contribution is -0.0376. The van der Waals surface area contributed by atoms with Gasteiger partial charge in [-0.25, -0.2) is 0 Å². The molecule has 2 aromatic carbocycles. The second-order valence-corrected chi connectivity index (χ2v) is 7.16. The number of rotatable bonds is 9.